The molecule has 0 heterocycles. The number of likely N-dealkylation sites (N-methyl/N-ethyl adjacent to an activating group) is 1. The third-order valence-electron chi connectivity index (χ3n) is 4.66. The standard InChI is InChI=1S/C25H24N2O4/c1-27(25(28)18-30-22-11-8-19(15-26)9-12-22)16-21-10-13-23(24(14-21)29-2)31-17-20-6-4-3-5-7-20/h3-14H,16-18H2,1-2H3. The summed E-state index contributed by atoms with van der Waals surface area (Å²) in [5, 5.41) is 8.83. The third kappa shape index (κ3) is 6.25. The summed E-state index contributed by atoms with van der Waals surface area (Å²) in [6.45, 7) is 0.768. The maximum absolute atomic E-state index is 12.4. The highest BCUT2D eigenvalue weighted by Crippen LogP contribution is 2.29. The van der Waals surface area contributed by atoms with Crippen molar-refractivity contribution in [3.8, 4) is 23.3 Å². The molecule has 0 radical (unpaired) electrons. The highest BCUT2D eigenvalue weighted by atomic mass is 16.5. The van der Waals surface area contributed by atoms with Gasteiger partial charge in [-0.3, -0.25) is 4.79 Å². The second-order valence-electron chi connectivity index (χ2n) is 6.93. The van der Waals surface area contributed by atoms with Crippen molar-refractivity contribution in [3.63, 3.8) is 0 Å². The minimum Gasteiger partial charge on any atom is -0.493 e. The number of methoxy groups -OCH3 is 1. The average Bonchev–Trinajstić information content (AvgIpc) is 2.82. The third-order valence-corrected chi connectivity index (χ3v) is 4.66. The number of hydrogen-bond acceptors (Lipinski definition) is 5. The number of benzene rings is 3. The zero-order chi connectivity index (χ0) is 22.1. The Labute approximate surface area is 182 Å². The minimum absolute atomic E-state index is 0.0855. The van der Waals surface area contributed by atoms with E-state index in [0.29, 0.717) is 36.0 Å². The van der Waals surface area contributed by atoms with E-state index in [0.717, 1.165) is 11.1 Å². The van der Waals surface area contributed by atoms with Crippen LogP contribution >= 0.6 is 0 Å². The Morgan fingerprint density at radius 2 is 1.68 bits per heavy atom. The topological polar surface area (TPSA) is 71.8 Å². The number of rotatable bonds is 9. The van der Waals surface area contributed by atoms with Gasteiger partial charge in [-0.2, -0.15) is 5.26 Å². The number of nitriles is 1. The van der Waals surface area contributed by atoms with Crippen LogP contribution in [-0.2, 0) is 17.9 Å². The van der Waals surface area contributed by atoms with Crippen molar-refractivity contribution in [3.05, 3.63) is 89.5 Å². The lowest BCUT2D eigenvalue weighted by molar-refractivity contribution is -0.132. The molecule has 0 aliphatic carbocycles. The van der Waals surface area contributed by atoms with E-state index in [1.165, 1.54) is 0 Å². The Kier molecular flexibility index (Phi) is 7.50. The first-order valence-electron chi connectivity index (χ1n) is 9.79. The highest BCUT2D eigenvalue weighted by Gasteiger charge is 2.13. The van der Waals surface area contributed by atoms with Crippen LogP contribution in [0.5, 0.6) is 17.2 Å². The molecule has 0 bridgehead atoms. The lowest BCUT2D eigenvalue weighted by Gasteiger charge is -2.19. The Morgan fingerprint density at radius 1 is 0.935 bits per heavy atom. The van der Waals surface area contributed by atoms with E-state index in [1.54, 1.807) is 43.3 Å². The van der Waals surface area contributed by atoms with Gasteiger partial charge in [0, 0.05) is 13.6 Å². The van der Waals surface area contributed by atoms with Gasteiger partial charge in [0.05, 0.1) is 18.7 Å². The van der Waals surface area contributed by atoms with Gasteiger partial charge >= 0.3 is 0 Å². The van der Waals surface area contributed by atoms with Crippen LogP contribution < -0.4 is 14.2 Å². The summed E-state index contributed by atoms with van der Waals surface area (Å²) >= 11 is 0. The van der Waals surface area contributed by atoms with E-state index in [9.17, 15) is 4.79 Å². The van der Waals surface area contributed by atoms with Gasteiger partial charge in [-0.1, -0.05) is 36.4 Å². The molecule has 0 aliphatic heterocycles. The molecule has 0 spiro atoms. The van der Waals surface area contributed by atoms with Crippen molar-refractivity contribution in [2.45, 2.75) is 13.2 Å². The van der Waals surface area contributed by atoms with Crippen LogP contribution in [0.4, 0.5) is 0 Å². The molecular formula is C25H24N2O4. The van der Waals surface area contributed by atoms with Crippen LogP contribution in [0.25, 0.3) is 0 Å². The molecule has 3 aromatic carbocycles. The first-order valence-corrected chi connectivity index (χ1v) is 9.79. The lowest BCUT2D eigenvalue weighted by Crippen LogP contribution is -2.30. The van der Waals surface area contributed by atoms with E-state index in [2.05, 4.69) is 0 Å². The Hall–Kier alpha value is -3.98. The Balaban J connectivity index is 1.55. The summed E-state index contributed by atoms with van der Waals surface area (Å²) in [4.78, 5) is 14.0. The molecule has 0 atom stereocenters. The van der Waals surface area contributed by atoms with Crippen LogP contribution in [0.3, 0.4) is 0 Å². The second kappa shape index (κ2) is 10.7. The summed E-state index contributed by atoms with van der Waals surface area (Å²) in [6.07, 6.45) is 0. The van der Waals surface area contributed by atoms with Crippen LogP contribution in [-0.4, -0.2) is 31.6 Å². The number of hydrogen-bond donors (Lipinski definition) is 0. The van der Waals surface area contributed by atoms with Crippen molar-refractivity contribution >= 4 is 5.91 Å². The first kappa shape index (κ1) is 21.7. The van der Waals surface area contributed by atoms with E-state index in [-0.39, 0.29) is 12.5 Å². The zero-order valence-electron chi connectivity index (χ0n) is 17.6. The number of carbonyl (C=O) groups excluding carboxylic acids is 1. The fraction of sp³-hybridized carbons (Fsp3) is 0.200. The molecule has 0 aliphatic rings. The molecular weight excluding hydrogens is 392 g/mol. The van der Waals surface area contributed by atoms with Crippen molar-refractivity contribution < 1.29 is 19.0 Å². The van der Waals surface area contributed by atoms with Crippen molar-refractivity contribution in [2.75, 3.05) is 20.8 Å². The number of ether oxygens (including phenoxy) is 3. The number of nitrogens with zero attached hydrogens (tertiary/aromatic N) is 2. The maximum Gasteiger partial charge on any atom is 0.260 e. The van der Waals surface area contributed by atoms with Crippen LogP contribution in [0.1, 0.15) is 16.7 Å². The van der Waals surface area contributed by atoms with Gasteiger partial charge in [0.15, 0.2) is 18.1 Å². The van der Waals surface area contributed by atoms with Crippen LogP contribution in [0.2, 0.25) is 0 Å². The molecule has 158 valence electrons. The van der Waals surface area contributed by atoms with E-state index in [1.807, 2.05) is 54.6 Å². The largest absolute Gasteiger partial charge is 0.493 e. The summed E-state index contributed by atoms with van der Waals surface area (Å²) in [5.41, 5.74) is 2.53. The lowest BCUT2D eigenvalue weighted by atomic mass is 10.2. The van der Waals surface area contributed by atoms with E-state index >= 15 is 0 Å². The Bertz CT molecular complexity index is 1040. The van der Waals surface area contributed by atoms with Crippen LogP contribution in [0, 0.1) is 11.3 Å². The highest BCUT2D eigenvalue weighted by molar-refractivity contribution is 5.77. The molecule has 0 aromatic heterocycles. The molecule has 0 unspecified atom stereocenters. The fourth-order valence-corrected chi connectivity index (χ4v) is 2.91. The van der Waals surface area contributed by atoms with Gasteiger partial charge < -0.3 is 19.1 Å². The predicted octanol–water partition coefficient (Wildman–Crippen LogP) is 4.18. The predicted molar refractivity (Wildman–Crippen MR) is 117 cm³/mol. The van der Waals surface area contributed by atoms with Crippen molar-refractivity contribution in [1.82, 2.24) is 4.90 Å². The monoisotopic (exact) mass is 416 g/mol. The molecule has 6 nitrogen and oxygen atoms in total. The summed E-state index contributed by atoms with van der Waals surface area (Å²) in [6, 6.07) is 24.2. The molecule has 1 amide bonds. The molecule has 0 saturated carbocycles. The smallest absolute Gasteiger partial charge is 0.260 e. The molecule has 0 N–H and O–H groups in total. The van der Waals surface area contributed by atoms with Gasteiger partial charge in [-0.05, 0) is 47.5 Å². The first-order chi connectivity index (χ1) is 15.1. The van der Waals surface area contributed by atoms with Gasteiger partial charge in [-0.15, -0.1) is 0 Å². The number of amides is 1. The Morgan fingerprint density at radius 3 is 2.35 bits per heavy atom. The maximum atomic E-state index is 12.4. The average molecular weight is 416 g/mol. The van der Waals surface area contributed by atoms with Gasteiger partial charge in [0.2, 0.25) is 0 Å². The SMILES string of the molecule is COc1cc(CN(C)C(=O)COc2ccc(C#N)cc2)ccc1OCc1ccccc1. The molecule has 3 aromatic rings. The van der Waals surface area contributed by atoms with Gasteiger partial charge in [-0.25, -0.2) is 0 Å². The minimum atomic E-state index is -0.160. The van der Waals surface area contributed by atoms with Crippen molar-refractivity contribution in [2.24, 2.45) is 0 Å². The van der Waals surface area contributed by atoms with Gasteiger partial charge in [0.25, 0.3) is 5.91 Å². The van der Waals surface area contributed by atoms with E-state index < -0.39 is 0 Å². The molecule has 31 heavy (non-hydrogen) atoms. The normalized spacial score (nSPS) is 10.1. The van der Waals surface area contributed by atoms with Crippen molar-refractivity contribution in [1.29, 1.82) is 5.26 Å². The molecule has 0 saturated heterocycles. The quantitative estimate of drug-likeness (QED) is 0.523. The van der Waals surface area contributed by atoms with Crippen LogP contribution in [0.15, 0.2) is 72.8 Å². The fourth-order valence-electron chi connectivity index (χ4n) is 2.91. The summed E-state index contributed by atoms with van der Waals surface area (Å²) in [5.74, 6) is 1.64. The summed E-state index contributed by atoms with van der Waals surface area (Å²) < 4.78 is 16.9. The zero-order valence-corrected chi connectivity index (χ0v) is 17.6. The molecule has 0 fully saturated rings. The van der Waals surface area contributed by atoms with Gasteiger partial charge in [0.1, 0.15) is 12.4 Å². The molecule has 6 heteroatoms. The number of carbonyl (C=O) groups is 1. The summed E-state index contributed by atoms with van der Waals surface area (Å²) in [7, 11) is 3.31. The second-order valence-corrected chi connectivity index (χ2v) is 6.93. The molecule has 3 rings (SSSR count). The van der Waals surface area contributed by atoms with E-state index in [4.69, 9.17) is 19.5 Å².